The molecule has 0 radical (unpaired) electrons. The number of benzene rings is 1. The van der Waals surface area contributed by atoms with Gasteiger partial charge in [-0.2, -0.15) is 5.10 Å². The second-order valence-corrected chi connectivity index (χ2v) is 10.2. The first kappa shape index (κ1) is 28.7. The summed E-state index contributed by atoms with van der Waals surface area (Å²) < 4.78 is 23.7. The van der Waals surface area contributed by atoms with Crippen molar-refractivity contribution in [2.24, 2.45) is 0 Å². The summed E-state index contributed by atoms with van der Waals surface area (Å²) in [4.78, 5) is 23.4. The molecule has 1 atom stereocenters. The monoisotopic (exact) mass is 518 g/mol. The average Bonchev–Trinajstić information content (AvgIpc) is 3.29. The van der Waals surface area contributed by atoms with E-state index in [0.717, 1.165) is 60.9 Å². The molecule has 1 aromatic carbocycles. The van der Waals surface area contributed by atoms with Crippen LogP contribution in [0.5, 0.6) is 0 Å². The Hall–Kier alpha value is -2.85. The van der Waals surface area contributed by atoms with Crippen LogP contribution in [0.2, 0.25) is 0 Å². The number of nitrogens with one attached hydrogen (secondary N) is 2. The molecule has 10 heteroatoms. The van der Waals surface area contributed by atoms with E-state index in [-0.39, 0.29) is 12.2 Å². The fraction of sp³-hybridized carbons (Fsp3) is 0.667. The molecule has 206 valence electrons. The number of nitrogens with zero attached hydrogens (tertiary/aromatic N) is 2. The summed E-state index contributed by atoms with van der Waals surface area (Å²) in [6.45, 7) is 8.63. The summed E-state index contributed by atoms with van der Waals surface area (Å²) in [7, 11) is 1.41. The molecular weight excluding hydrogens is 476 g/mol. The molecule has 1 unspecified atom stereocenters. The van der Waals surface area contributed by atoms with Gasteiger partial charge in [-0.1, -0.05) is 0 Å². The first-order valence-corrected chi connectivity index (χ1v) is 13.2. The smallest absolute Gasteiger partial charge is 0.407 e. The SMILES string of the molecule is COC(=O)CCc1cc(NCCOCCCCNC(=O)OC(C)(C)C)c2cnn(C3CCCCO3)c2c1. The number of aromatic nitrogens is 2. The van der Waals surface area contributed by atoms with Crippen molar-refractivity contribution in [3.05, 3.63) is 23.9 Å². The molecule has 1 fully saturated rings. The number of hydrogen-bond acceptors (Lipinski definition) is 8. The van der Waals surface area contributed by atoms with Crippen LogP contribution in [-0.2, 0) is 30.2 Å². The van der Waals surface area contributed by atoms with Crippen molar-refractivity contribution in [2.45, 2.75) is 77.5 Å². The number of amides is 1. The first-order valence-electron chi connectivity index (χ1n) is 13.2. The molecule has 1 amide bonds. The Morgan fingerprint density at radius 3 is 2.73 bits per heavy atom. The number of carbonyl (C=O) groups excluding carboxylic acids is 2. The number of methoxy groups -OCH3 is 1. The van der Waals surface area contributed by atoms with Gasteiger partial charge >= 0.3 is 12.1 Å². The number of ether oxygens (including phenoxy) is 4. The number of alkyl carbamates (subject to hydrolysis) is 1. The van der Waals surface area contributed by atoms with Gasteiger partial charge in [-0.05, 0) is 77.0 Å². The summed E-state index contributed by atoms with van der Waals surface area (Å²) in [6.07, 6.45) is 7.11. The van der Waals surface area contributed by atoms with E-state index in [9.17, 15) is 9.59 Å². The number of hydrogen-bond donors (Lipinski definition) is 2. The highest BCUT2D eigenvalue weighted by Crippen LogP contribution is 2.31. The standard InChI is InChI=1S/C27H42N4O6/c1-27(2,3)37-26(33)29-12-6-8-14-35-16-13-28-22-17-20(10-11-25(32)34-4)18-23-21(22)19-30-31(23)24-9-5-7-15-36-24/h17-19,24,28H,5-16H2,1-4H3,(H,29,33). The minimum atomic E-state index is -0.491. The number of anilines is 1. The Balaban J connectivity index is 1.49. The molecule has 1 aromatic heterocycles. The van der Waals surface area contributed by atoms with Crippen molar-refractivity contribution in [1.82, 2.24) is 15.1 Å². The van der Waals surface area contributed by atoms with Crippen LogP contribution in [0.4, 0.5) is 10.5 Å². The van der Waals surface area contributed by atoms with Crippen LogP contribution in [0.1, 0.15) is 71.1 Å². The molecule has 0 spiro atoms. The topological polar surface area (TPSA) is 113 Å². The van der Waals surface area contributed by atoms with E-state index < -0.39 is 11.7 Å². The average molecular weight is 519 g/mol. The highest BCUT2D eigenvalue weighted by Gasteiger charge is 2.20. The minimum absolute atomic E-state index is 0.0666. The maximum atomic E-state index is 11.7. The zero-order valence-corrected chi connectivity index (χ0v) is 22.6. The Bertz CT molecular complexity index is 1010. The summed E-state index contributed by atoms with van der Waals surface area (Å²) in [5.41, 5.74) is 2.51. The fourth-order valence-corrected chi connectivity index (χ4v) is 4.18. The molecule has 2 aromatic rings. The number of rotatable bonds is 13. The predicted molar refractivity (Wildman–Crippen MR) is 142 cm³/mol. The summed E-state index contributed by atoms with van der Waals surface area (Å²) in [6, 6.07) is 4.16. The van der Waals surface area contributed by atoms with Crippen LogP contribution in [0, 0.1) is 0 Å². The largest absolute Gasteiger partial charge is 0.469 e. The van der Waals surface area contributed by atoms with Crippen molar-refractivity contribution in [3.63, 3.8) is 0 Å². The van der Waals surface area contributed by atoms with E-state index in [1.54, 1.807) is 0 Å². The lowest BCUT2D eigenvalue weighted by Crippen LogP contribution is -2.33. The van der Waals surface area contributed by atoms with Crippen molar-refractivity contribution >= 4 is 28.7 Å². The van der Waals surface area contributed by atoms with Crippen molar-refractivity contribution in [1.29, 1.82) is 0 Å². The van der Waals surface area contributed by atoms with E-state index >= 15 is 0 Å². The highest BCUT2D eigenvalue weighted by atomic mass is 16.6. The fourth-order valence-electron chi connectivity index (χ4n) is 4.18. The molecule has 1 saturated heterocycles. The normalized spacial score (nSPS) is 15.9. The lowest BCUT2D eigenvalue weighted by Gasteiger charge is -2.23. The van der Waals surface area contributed by atoms with Crippen molar-refractivity contribution in [2.75, 3.05) is 45.3 Å². The van der Waals surface area contributed by atoms with Gasteiger partial charge in [0.15, 0.2) is 6.23 Å². The molecule has 2 heterocycles. The highest BCUT2D eigenvalue weighted by molar-refractivity contribution is 5.92. The number of aryl methyl sites for hydroxylation is 1. The number of fused-ring (bicyclic) bond motifs is 1. The van der Waals surface area contributed by atoms with Gasteiger partial charge in [-0.3, -0.25) is 4.79 Å². The molecular formula is C27H42N4O6. The van der Waals surface area contributed by atoms with E-state index in [1.165, 1.54) is 7.11 Å². The molecule has 1 aliphatic heterocycles. The number of carbonyl (C=O) groups is 2. The van der Waals surface area contributed by atoms with Gasteiger partial charge in [0.2, 0.25) is 0 Å². The molecule has 1 aliphatic rings. The van der Waals surface area contributed by atoms with Crippen LogP contribution < -0.4 is 10.6 Å². The van der Waals surface area contributed by atoms with Crippen LogP contribution in [-0.4, -0.2) is 67.5 Å². The van der Waals surface area contributed by atoms with Crippen LogP contribution in [0.3, 0.4) is 0 Å². The zero-order valence-electron chi connectivity index (χ0n) is 22.6. The minimum Gasteiger partial charge on any atom is -0.469 e. The van der Waals surface area contributed by atoms with Gasteiger partial charge in [0.25, 0.3) is 0 Å². The van der Waals surface area contributed by atoms with Gasteiger partial charge in [-0.25, -0.2) is 9.48 Å². The van der Waals surface area contributed by atoms with Gasteiger partial charge in [0.1, 0.15) is 5.60 Å². The van der Waals surface area contributed by atoms with Crippen LogP contribution >= 0.6 is 0 Å². The summed E-state index contributed by atoms with van der Waals surface area (Å²) in [5.74, 6) is -0.228. The molecule has 10 nitrogen and oxygen atoms in total. The Kier molecular flexibility index (Phi) is 11.0. The first-order chi connectivity index (χ1) is 17.8. The second kappa shape index (κ2) is 14.2. The van der Waals surface area contributed by atoms with Gasteiger partial charge < -0.3 is 29.6 Å². The number of unbranched alkanes of at least 4 members (excludes halogenated alkanes) is 1. The van der Waals surface area contributed by atoms with Crippen LogP contribution in [0.15, 0.2) is 18.3 Å². The Morgan fingerprint density at radius 2 is 2.00 bits per heavy atom. The summed E-state index contributed by atoms with van der Waals surface area (Å²) >= 11 is 0. The van der Waals surface area contributed by atoms with E-state index in [1.807, 2.05) is 31.6 Å². The van der Waals surface area contributed by atoms with Crippen molar-refractivity contribution in [3.8, 4) is 0 Å². The second-order valence-electron chi connectivity index (χ2n) is 10.2. The quantitative estimate of drug-likeness (QED) is 0.293. The summed E-state index contributed by atoms with van der Waals surface area (Å²) in [5, 5.41) is 11.9. The van der Waals surface area contributed by atoms with Gasteiger partial charge in [0.05, 0.1) is 25.4 Å². The lowest BCUT2D eigenvalue weighted by molar-refractivity contribution is -0.140. The third kappa shape index (κ3) is 9.51. The van der Waals surface area contributed by atoms with Gasteiger partial charge in [-0.15, -0.1) is 0 Å². The molecule has 0 aliphatic carbocycles. The van der Waals surface area contributed by atoms with Gasteiger partial charge in [0, 0.05) is 43.8 Å². The third-order valence-electron chi connectivity index (χ3n) is 6.00. The maximum Gasteiger partial charge on any atom is 0.407 e. The molecule has 3 rings (SSSR count). The third-order valence-corrected chi connectivity index (χ3v) is 6.00. The lowest BCUT2D eigenvalue weighted by atomic mass is 10.1. The molecule has 0 bridgehead atoms. The zero-order chi connectivity index (χ0) is 26.7. The van der Waals surface area contributed by atoms with E-state index in [0.29, 0.717) is 39.1 Å². The molecule has 2 N–H and O–H groups in total. The Morgan fingerprint density at radius 1 is 1.16 bits per heavy atom. The maximum absolute atomic E-state index is 11.7. The van der Waals surface area contributed by atoms with Crippen molar-refractivity contribution < 1.29 is 28.5 Å². The van der Waals surface area contributed by atoms with E-state index in [4.69, 9.17) is 18.9 Å². The predicted octanol–water partition coefficient (Wildman–Crippen LogP) is 4.57. The number of esters is 1. The van der Waals surface area contributed by atoms with E-state index in [2.05, 4.69) is 27.9 Å². The molecule has 0 saturated carbocycles. The Labute approximate surface area is 219 Å². The van der Waals surface area contributed by atoms with Crippen LogP contribution in [0.25, 0.3) is 10.9 Å². The molecule has 37 heavy (non-hydrogen) atoms.